The standard InChI is InChI=1S/C21H22N4O3/c26-20(15-23-21(27)22-14-19-12-7-13-28-19)24-25(18-10-5-2-6-11-18)16-17-8-3-1-4-9-17/h1-13H,14-16H2,(H,24,26)(H2,22,23,27). The lowest BCUT2D eigenvalue weighted by molar-refractivity contribution is -0.120. The van der Waals surface area contributed by atoms with Gasteiger partial charge in [0.25, 0.3) is 5.91 Å². The molecule has 0 saturated heterocycles. The zero-order valence-corrected chi connectivity index (χ0v) is 15.3. The Labute approximate surface area is 163 Å². The van der Waals surface area contributed by atoms with Crippen molar-refractivity contribution in [2.75, 3.05) is 11.6 Å². The van der Waals surface area contributed by atoms with Crippen molar-refractivity contribution in [1.82, 2.24) is 16.1 Å². The Morgan fingerprint density at radius 3 is 2.25 bits per heavy atom. The Balaban J connectivity index is 1.52. The smallest absolute Gasteiger partial charge is 0.315 e. The lowest BCUT2D eigenvalue weighted by atomic mass is 10.2. The second-order valence-corrected chi connectivity index (χ2v) is 6.06. The van der Waals surface area contributed by atoms with E-state index in [1.807, 2.05) is 60.7 Å². The number of hydrazine groups is 1. The summed E-state index contributed by atoms with van der Waals surface area (Å²) in [6.45, 7) is 0.605. The summed E-state index contributed by atoms with van der Waals surface area (Å²) in [5.74, 6) is 0.311. The first kappa shape index (κ1) is 19.0. The Morgan fingerprint density at radius 1 is 0.857 bits per heavy atom. The van der Waals surface area contributed by atoms with Crippen LogP contribution in [0.3, 0.4) is 0 Å². The number of nitrogens with zero attached hydrogens (tertiary/aromatic N) is 1. The summed E-state index contributed by atoms with van der Waals surface area (Å²) in [6.07, 6.45) is 1.53. The molecule has 0 atom stereocenters. The van der Waals surface area contributed by atoms with Crippen LogP contribution in [0.25, 0.3) is 0 Å². The Morgan fingerprint density at radius 2 is 1.57 bits per heavy atom. The summed E-state index contributed by atoms with van der Waals surface area (Å²) in [7, 11) is 0. The van der Waals surface area contributed by atoms with Gasteiger partial charge >= 0.3 is 6.03 Å². The first-order chi connectivity index (χ1) is 13.7. The van der Waals surface area contributed by atoms with Crippen LogP contribution in [0, 0.1) is 0 Å². The van der Waals surface area contributed by atoms with Crippen LogP contribution >= 0.6 is 0 Å². The summed E-state index contributed by atoms with van der Waals surface area (Å²) in [4.78, 5) is 24.2. The SMILES string of the molecule is O=C(CNC(=O)NCc1ccco1)NN(Cc1ccccc1)c1ccccc1. The van der Waals surface area contributed by atoms with E-state index in [1.165, 1.54) is 6.26 Å². The van der Waals surface area contributed by atoms with Crippen LogP contribution in [0.1, 0.15) is 11.3 Å². The van der Waals surface area contributed by atoms with Crippen molar-refractivity contribution in [1.29, 1.82) is 0 Å². The molecule has 0 radical (unpaired) electrons. The third-order valence-electron chi connectivity index (χ3n) is 3.92. The Kier molecular flexibility index (Phi) is 6.67. The zero-order valence-electron chi connectivity index (χ0n) is 15.3. The first-order valence-electron chi connectivity index (χ1n) is 8.91. The van der Waals surface area contributed by atoms with Crippen LogP contribution in [0.4, 0.5) is 10.5 Å². The highest BCUT2D eigenvalue weighted by atomic mass is 16.3. The van der Waals surface area contributed by atoms with Crippen molar-refractivity contribution in [3.8, 4) is 0 Å². The maximum atomic E-state index is 12.3. The molecular formula is C21H22N4O3. The second-order valence-electron chi connectivity index (χ2n) is 6.06. The van der Waals surface area contributed by atoms with Crippen LogP contribution in [-0.4, -0.2) is 18.5 Å². The minimum atomic E-state index is -0.444. The number of rotatable bonds is 8. The maximum absolute atomic E-state index is 12.3. The average Bonchev–Trinajstić information content (AvgIpc) is 3.25. The average molecular weight is 378 g/mol. The number of anilines is 1. The molecule has 3 aromatic rings. The predicted octanol–water partition coefficient (Wildman–Crippen LogP) is 2.82. The summed E-state index contributed by atoms with van der Waals surface area (Å²) in [6, 6.07) is 22.4. The van der Waals surface area contributed by atoms with Crippen molar-refractivity contribution >= 4 is 17.6 Å². The predicted molar refractivity (Wildman–Crippen MR) is 106 cm³/mol. The van der Waals surface area contributed by atoms with E-state index < -0.39 is 6.03 Å². The molecule has 144 valence electrons. The summed E-state index contributed by atoms with van der Waals surface area (Å²) in [5, 5.41) is 6.91. The van der Waals surface area contributed by atoms with Gasteiger partial charge in [-0.05, 0) is 29.8 Å². The maximum Gasteiger partial charge on any atom is 0.315 e. The molecular weight excluding hydrogens is 356 g/mol. The number of carbonyl (C=O) groups excluding carboxylic acids is 2. The number of benzene rings is 2. The van der Waals surface area contributed by atoms with E-state index >= 15 is 0 Å². The third kappa shape index (κ3) is 5.91. The van der Waals surface area contributed by atoms with Crippen LogP contribution in [-0.2, 0) is 17.9 Å². The topological polar surface area (TPSA) is 86.6 Å². The number of hydrogen-bond acceptors (Lipinski definition) is 4. The molecule has 1 aromatic heterocycles. The number of urea groups is 1. The fourth-order valence-corrected chi connectivity index (χ4v) is 2.56. The lowest BCUT2D eigenvalue weighted by Gasteiger charge is -2.25. The van der Waals surface area contributed by atoms with E-state index in [0.29, 0.717) is 12.3 Å². The largest absolute Gasteiger partial charge is 0.467 e. The molecule has 0 saturated carbocycles. The van der Waals surface area contributed by atoms with Crippen LogP contribution in [0.2, 0.25) is 0 Å². The lowest BCUT2D eigenvalue weighted by Crippen LogP contribution is -2.48. The van der Waals surface area contributed by atoms with Crippen LogP contribution < -0.4 is 21.1 Å². The quantitative estimate of drug-likeness (QED) is 0.526. The number of hydrogen-bond donors (Lipinski definition) is 3. The highest BCUT2D eigenvalue weighted by Gasteiger charge is 2.12. The van der Waals surface area contributed by atoms with Crippen molar-refractivity contribution in [3.05, 3.63) is 90.4 Å². The van der Waals surface area contributed by atoms with Gasteiger partial charge in [-0.15, -0.1) is 0 Å². The van der Waals surface area contributed by atoms with Crippen LogP contribution in [0.15, 0.2) is 83.5 Å². The summed E-state index contributed by atoms with van der Waals surface area (Å²) >= 11 is 0. The van der Waals surface area contributed by atoms with Gasteiger partial charge in [0.15, 0.2) is 0 Å². The van der Waals surface area contributed by atoms with E-state index in [1.54, 1.807) is 17.1 Å². The fraction of sp³-hybridized carbons (Fsp3) is 0.143. The molecule has 7 heteroatoms. The third-order valence-corrected chi connectivity index (χ3v) is 3.92. The number of furan rings is 1. The summed E-state index contributed by atoms with van der Waals surface area (Å²) in [5.41, 5.74) is 4.74. The number of amides is 3. The van der Waals surface area contributed by atoms with Gasteiger partial charge in [0.05, 0.1) is 25.0 Å². The minimum Gasteiger partial charge on any atom is -0.467 e. The van der Waals surface area contributed by atoms with E-state index in [-0.39, 0.29) is 19.0 Å². The van der Waals surface area contributed by atoms with E-state index in [9.17, 15) is 9.59 Å². The molecule has 0 aliphatic carbocycles. The van der Waals surface area contributed by atoms with E-state index in [0.717, 1.165) is 11.3 Å². The number of carbonyl (C=O) groups is 2. The minimum absolute atomic E-state index is 0.151. The Hall–Kier alpha value is -3.74. The van der Waals surface area contributed by atoms with Crippen molar-refractivity contribution in [2.24, 2.45) is 0 Å². The van der Waals surface area contributed by atoms with Gasteiger partial charge < -0.3 is 15.1 Å². The molecule has 0 aliphatic rings. The van der Waals surface area contributed by atoms with Gasteiger partial charge in [-0.3, -0.25) is 15.2 Å². The molecule has 7 nitrogen and oxygen atoms in total. The van der Waals surface area contributed by atoms with Gasteiger partial charge in [0, 0.05) is 0 Å². The van der Waals surface area contributed by atoms with Crippen molar-refractivity contribution < 1.29 is 14.0 Å². The molecule has 0 aliphatic heterocycles. The molecule has 1 heterocycles. The van der Waals surface area contributed by atoms with E-state index in [2.05, 4.69) is 16.1 Å². The molecule has 3 rings (SSSR count). The van der Waals surface area contributed by atoms with Gasteiger partial charge in [0.1, 0.15) is 12.3 Å². The van der Waals surface area contributed by atoms with Crippen molar-refractivity contribution in [2.45, 2.75) is 13.1 Å². The normalized spacial score (nSPS) is 10.1. The van der Waals surface area contributed by atoms with E-state index in [4.69, 9.17) is 4.42 Å². The molecule has 0 fully saturated rings. The molecule has 3 N–H and O–H groups in total. The van der Waals surface area contributed by atoms with Gasteiger partial charge in [-0.2, -0.15) is 0 Å². The molecule has 28 heavy (non-hydrogen) atoms. The van der Waals surface area contributed by atoms with Gasteiger partial charge in [-0.1, -0.05) is 48.5 Å². The van der Waals surface area contributed by atoms with Gasteiger partial charge in [0.2, 0.25) is 0 Å². The summed E-state index contributed by atoms with van der Waals surface area (Å²) < 4.78 is 5.14. The molecule has 3 amide bonds. The highest BCUT2D eigenvalue weighted by molar-refractivity contribution is 5.84. The molecule has 0 spiro atoms. The molecule has 0 bridgehead atoms. The first-order valence-corrected chi connectivity index (χ1v) is 8.91. The van der Waals surface area contributed by atoms with Crippen molar-refractivity contribution in [3.63, 3.8) is 0 Å². The van der Waals surface area contributed by atoms with Crippen LogP contribution in [0.5, 0.6) is 0 Å². The second kappa shape index (κ2) is 9.82. The Bertz CT molecular complexity index is 867. The fourth-order valence-electron chi connectivity index (χ4n) is 2.56. The molecule has 0 unspecified atom stereocenters. The zero-order chi connectivity index (χ0) is 19.6. The monoisotopic (exact) mass is 378 g/mol. The highest BCUT2D eigenvalue weighted by Crippen LogP contribution is 2.14. The number of para-hydroxylation sites is 1. The number of nitrogens with one attached hydrogen (secondary N) is 3. The van der Waals surface area contributed by atoms with Gasteiger partial charge in [-0.25, -0.2) is 4.79 Å². The molecule has 2 aromatic carbocycles.